The molecule has 0 fully saturated rings. The van der Waals surface area contributed by atoms with Gasteiger partial charge < -0.3 is 9.84 Å². The van der Waals surface area contributed by atoms with Gasteiger partial charge in [-0.05, 0) is 72.6 Å². The van der Waals surface area contributed by atoms with Crippen LogP contribution in [0.15, 0.2) is 38.3 Å². The van der Waals surface area contributed by atoms with Crippen LogP contribution in [0.25, 0.3) is 0 Å². The van der Waals surface area contributed by atoms with Gasteiger partial charge in [-0.25, -0.2) is 9.98 Å². The third-order valence-corrected chi connectivity index (χ3v) is 5.10. The smallest absolute Gasteiger partial charge is 0.167 e. The molecule has 2 rings (SSSR count). The van der Waals surface area contributed by atoms with Gasteiger partial charge in [-0.2, -0.15) is 0 Å². The number of pyridine rings is 1. The molecule has 0 aliphatic rings. The topological polar surface area (TPSA) is 54.7 Å². The van der Waals surface area contributed by atoms with E-state index in [4.69, 9.17) is 4.74 Å². The molecule has 1 aromatic carbocycles. The van der Waals surface area contributed by atoms with Crippen molar-refractivity contribution in [1.82, 2.24) is 4.98 Å². The van der Waals surface area contributed by atoms with Crippen molar-refractivity contribution < 1.29 is 9.84 Å². The van der Waals surface area contributed by atoms with Crippen LogP contribution in [0.3, 0.4) is 0 Å². The fourth-order valence-corrected chi connectivity index (χ4v) is 2.61. The second-order valence-corrected chi connectivity index (χ2v) is 6.62. The van der Waals surface area contributed by atoms with Crippen LogP contribution in [0.2, 0.25) is 0 Å². The molecule has 2 aromatic rings. The fourth-order valence-electron chi connectivity index (χ4n) is 1.46. The van der Waals surface area contributed by atoms with Gasteiger partial charge in [-0.3, -0.25) is 0 Å². The number of phenolic OH excluding ortho intramolecular Hbond substituents is 1. The van der Waals surface area contributed by atoms with Crippen molar-refractivity contribution in [3.63, 3.8) is 0 Å². The minimum atomic E-state index is 0.0248. The lowest BCUT2D eigenvalue weighted by atomic mass is 10.2. The van der Waals surface area contributed by atoms with E-state index in [0.717, 1.165) is 8.04 Å². The zero-order chi connectivity index (χ0) is 14.7. The molecule has 1 heterocycles. The summed E-state index contributed by atoms with van der Waals surface area (Å²) in [4.78, 5) is 8.42. The van der Waals surface area contributed by atoms with Crippen molar-refractivity contribution in [2.24, 2.45) is 4.99 Å². The summed E-state index contributed by atoms with van der Waals surface area (Å²) in [5.74, 6) is 0.963. The molecule has 0 radical (unpaired) electrons. The Kier molecular flexibility index (Phi) is 5.39. The van der Waals surface area contributed by atoms with E-state index in [1.807, 2.05) is 6.07 Å². The lowest BCUT2D eigenvalue weighted by Gasteiger charge is -2.09. The van der Waals surface area contributed by atoms with E-state index < -0.39 is 0 Å². The van der Waals surface area contributed by atoms with Crippen molar-refractivity contribution in [3.8, 4) is 11.5 Å². The standard InChI is InChI=1S/C13H9Br2IN2O2/c1-20-10-4-9(14)12(15)8(13(10)19)6-18-11-3-2-7(16)5-17-11/h2-6,19H,1H3. The Morgan fingerprint density at radius 3 is 2.75 bits per heavy atom. The maximum absolute atomic E-state index is 10.1. The Morgan fingerprint density at radius 2 is 2.15 bits per heavy atom. The Balaban J connectivity index is 2.42. The first-order chi connectivity index (χ1) is 9.52. The Morgan fingerprint density at radius 1 is 1.40 bits per heavy atom. The molecule has 7 heteroatoms. The highest BCUT2D eigenvalue weighted by molar-refractivity contribution is 14.1. The van der Waals surface area contributed by atoms with Crippen LogP contribution in [0.5, 0.6) is 11.5 Å². The van der Waals surface area contributed by atoms with Gasteiger partial charge in [0.25, 0.3) is 0 Å². The molecule has 0 bridgehead atoms. The fraction of sp³-hybridized carbons (Fsp3) is 0.0769. The number of halogens is 3. The maximum atomic E-state index is 10.1. The lowest BCUT2D eigenvalue weighted by molar-refractivity contribution is 0.372. The predicted molar refractivity (Wildman–Crippen MR) is 94.3 cm³/mol. The third kappa shape index (κ3) is 3.50. The molecule has 1 aromatic heterocycles. The number of methoxy groups -OCH3 is 1. The lowest BCUT2D eigenvalue weighted by Crippen LogP contribution is -1.92. The predicted octanol–water partition coefficient (Wildman–Crippen LogP) is 4.68. The summed E-state index contributed by atoms with van der Waals surface area (Å²) in [6.45, 7) is 0. The number of aromatic hydroxyl groups is 1. The summed E-state index contributed by atoms with van der Waals surface area (Å²) in [7, 11) is 1.50. The van der Waals surface area contributed by atoms with E-state index in [0.29, 0.717) is 21.6 Å². The summed E-state index contributed by atoms with van der Waals surface area (Å²) < 4.78 is 7.61. The zero-order valence-electron chi connectivity index (χ0n) is 10.3. The highest BCUT2D eigenvalue weighted by Crippen LogP contribution is 2.39. The van der Waals surface area contributed by atoms with Crippen LogP contribution in [0.4, 0.5) is 5.82 Å². The van der Waals surface area contributed by atoms with Crippen molar-refractivity contribution in [2.75, 3.05) is 7.11 Å². The van der Waals surface area contributed by atoms with E-state index in [9.17, 15) is 5.11 Å². The quantitative estimate of drug-likeness (QED) is 0.481. The van der Waals surface area contributed by atoms with Gasteiger partial charge in [0.05, 0.1) is 12.7 Å². The van der Waals surface area contributed by atoms with Gasteiger partial charge in [0.1, 0.15) is 0 Å². The molecule has 0 saturated carbocycles. The normalized spacial score (nSPS) is 11.0. The van der Waals surface area contributed by atoms with E-state index in [1.54, 1.807) is 24.5 Å². The van der Waals surface area contributed by atoms with Gasteiger partial charge in [-0.1, -0.05) is 0 Å². The third-order valence-electron chi connectivity index (χ3n) is 2.45. The zero-order valence-corrected chi connectivity index (χ0v) is 15.6. The number of hydrogen-bond donors (Lipinski definition) is 1. The Bertz CT molecular complexity index is 660. The summed E-state index contributed by atoms with van der Waals surface area (Å²) in [5.41, 5.74) is 0.525. The molecular weight excluding hydrogens is 503 g/mol. The SMILES string of the molecule is COc1cc(Br)c(Br)c(C=Nc2ccc(I)cn2)c1O. The molecule has 0 amide bonds. The molecule has 0 aliphatic heterocycles. The Labute approximate surface area is 146 Å². The number of benzene rings is 1. The number of phenols is 1. The summed E-state index contributed by atoms with van der Waals surface area (Å²) >= 11 is 8.97. The van der Waals surface area contributed by atoms with Gasteiger partial charge >= 0.3 is 0 Å². The van der Waals surface area contributed by atoms with Crippen LogP contribution in [0, 0.1) is 3.57 Å². The van der Waals surface area contributed by atoms with Crippen LogP contribution in [-0.2, 0) is 0 Å². The number of rotatable bonds is 3. The van der Waals surface area contributed by atoms with Gasteiger partial charge in [0, 0.05) is 24.9 Å². The summed E-state index contributed by atoms with van der Waals surface area (Å²) in [6, 6.07) is 5.40. The molecule has 0 aliphatic carbocycles. The first kappa shape index (κ1) is 15.7. The minimum absolute atomic E-state index is 0.0248. The van der Waals surface area contributed by atoms with Crippen LogP contribution < -0.4 is 4.74 Å². The first-order valence-corrected chi connectivity index (χ1v) is 8.10. The molecular formula is C13H9Br2IN2O2. The van der Waals surface area contributed by atoms with Crippen LogP contribution in [0.1, 0.15) is 5.56 Å². The number of aromatic nitrogens is 1. The second kappa shape index (κ2) is 6.86. The number of hydrogen-bond acceptors (Lipinski definition) is 4. The van der Waals surface area contributed by atoms with Crippen molar-refractivity contribution in [2.45, 2.75) is 0 Å². The second-order valence-electron chi connectivity index (χ2n) is 3.73. The van der Waals surface area contributed by atoms with Crippen molar-refractivity contribution in [3.05, 3.63) is 42.5 Å². The first-order valence-electron chi connectivity index (χ1n) is 5.43. The van der Waals surface area contributed by atoms with Gasteiger partial charge in [-0.15, -0.1) is 0 Å². The van der Waals surface area contributed by atoms with Crippen molar-refractivity contribution in [1.29, 1.82) is 0 Å². The molecule has 0 atom stereocenters. The molecule has 4 nitrogen and oxygen atoms in total. The minimum Gasteiger partial charge on any atom is -0.504 e. The number of nitrogens with zero attached hydrogens (tertiary/aromatic N) is 2. The molecule has 0 spiro atoms. The van der Waals surface area contributed by atoms with E-state index in [2.05, 4.69) is 64.4 Å². The average Bonchev–Trinajstić information content (AvgIpc) is 2.44. The molecule has 20 heavy (non-hydrogen) atoms. The Hall–Kier alpha value is -0.670. The molecule has 0 unspecified atom stereocenters. The van der Waals surface area contributed by atoms with Crippen LogP contribution >= 0.6 is 54.5 Å². The number of aliphatic imine (C=N–C) groups is 1. The van der Waals surface area contributed by atoms with Gasteiger partial charge in [0.2, 0.25) is 0 Å². The molecule has 104 valence electrons. The van der Waals surface area contributed by atoms with E-state index >= 15 is 0 Å². The average molecular weight is 512 g/mol. The summed E-state index contributed by atoms with van der Waals surface area (Å²) in [6.07, 6.45) is 3.27. The molecule has 1 N–H and O–H groups in total. The van der Waals surface area contributed by atoms with Gasteiger partial charge in [0.15, 0.2) is 17.3 Å². The van der Waals surface area contributed by atoms with Crippen molar-refractivity contribution >= 4 is 66.5 Å². The van der Waals surface area contributed by atoms with Crippen LogP contribution in [-0.4, -0.2) is 23.4 Å². The van der Waals surface area contributed by atoms with E-state index in [1.165, 1.54) is 7.11 Å². The monoisotopic (exact) mass is 510 g/mol. The molecule has 0 saturated heterocycles. The summed E-state index contributed by atoms with van der Waals surface area (Å²) in [5, 5.41) is 10.1. The highest BCUT2D eigenvalue weighted by Gasteiger charge is 2.14. The highest BCUT2D eigenvalue weighted by atomic mass is 127. The number of ether oxygens (including phenoxy) is 1. The van der Waals surface area contributed by atoms with E-state index in [-0.39, 0.29) is 5.75 Å². The maximum Gasteiger partial charge on any atom is 0.167 e. The largest absolute Gasteiger partial charge is 0.504 e.